The fourth-order valence-corrected chi connectivity index (χ4v) is 2.45. The minimum absolute atomic E-state index is 0.239. The maximum absolute atomic E-state index is 9.81. The molecule has 2 nitrogen and oxygen atoms in total. The van der Waals surface area contributed by atoms with Gasteiger partial charge in [-0.1, -0.05) is 25.1 Å². The molecular formula is C13H21NOS. The zero-order chi connectivity index (χ0) is 12.0. The summed E-state index contributed by atoms with van der Waals surface area (Å²) in [6.07, 6.45) is 3.09. The van der Waals surface area contributed by atoms with Crippen LogP contribution in [0.1, 0.15) is 31.9 Å². The average Bonchev–Trinajstić information content (AvgIpc) is 2.27. The van der Waals surface area contributed by atoms with Gasteiger partial charge in [-0.25, -0.2) is 0 Å². The number of aromatic hydroxyl groups is 1. The molecule has 0 spiro atoms. The van der Waals surface area contributed by atoms with Gasteiger partial charge in [-0.05, 0) is 25.7 Å². The molecule has 0 bridgehead atoms. The molecule has 2 N–H and O–H groups in total. The third kappa shape index (κ3) is 3.72. The van der Waals surface area contributed by atoms with Crippen LogP contribution in [0, 0.1) is 0 Å². The lowest BCUT2D eigenvalue weighted by molar-refractivity contribution is 0.426. The molecule has 3 heteroatoms. The molecule has 0 aliphatic carbocycles. The van der Waals surface area contributed by atoms with Crippen molar-refractivity contribution in [2.75, 3.05) is 12.0 Å². The maximum Gasteiger partial charge on any atom is 0.120 e. The van der Waals surface area contributed by atoms with E-state index in [1.54, 1.807) is 6.07 Å². The van der Waals surface area contributed by atoms with Crippen LogP contribution in [0.25, 0.3) is 0 Å². The van der Waals surface area contributed by atoms with Crippen LogP contribution in [0.4, 0.5) is 0 Å². The molecule has 90 valence electrons. The van der Waals surface area contributed by atoms with Gasteiger partial charge >= 0.3 is 0 Å². The van der Waals surface area contributed by atoms with Gasteiger partial charge in [0.05, 0.1) is 0 Å². The van der Waals surface area contributed by atoms with Crippen molar-refractivity contribution in [3.05, 3.63) is 29.8 Å². The Hall–Kier alpha value is -0.670. The molecule has 1 aromatic rings. The summed E-state index contributed by atoms with van der Waals surface area (Å²) in [5, 5.41) is 13.4. The van der Waals surface area contributed by atoms with E-state index < -0.39 is 0 Å². The molecule has 0 radical (unpaired) electrons. The van der Waals surface area contributed by atoms with Crippen LogP contribution < -0.4 is 5.32 Å². The Labute approximate surface area is 102 Å². The second-order valence-electron chi connectivity index (χ2n) is 4.04. The van der Waals surface area contributed by atoms with Crippen LogP contribution in [0.15, 0.2) is 24.3 Å². The van der Waals surface area contributed by atoms with Crippen LogP contribution in [0.5, 0.6) is 5.75 Å². The van der Waals surface area contributed by atoms with E-state index in [1.165, 1.54) is 0 Å². The molecule has 0 saturated heterocycles. The predicted octanol–water partition coefficient (Wildman–Crippen LogP) is 3.18. The molecule has 1 rings (SSSR count). The lowest BCUT2D eigenvalue weighted by Gasteiger charge is -2.22. The summed E-state index contributed by atoms with van der Waals surface area (Å²) in [5.41, 5.74) is 0.998. The quantitative estimate of drug-likeness (QED) is 0.799. The summed E-state index contributed by atoms with van der Waals surface area (Å²) >= 11 is 1.84. The summed E-state index contributed by atoms with van der Waals surface area (Å²) in [7, 11) is 0. The van der Waals surface area contributed by atoms with E-state index in [1.807, 2.05) is 30.0 Å². The highest BCUT2D eigenvalue weighted by atomic mass is 32.2. The largest absolute Gasteiger partial charge is 0.508 e. The van der Waals surface area contributed by atoms with Crippen molar-refractivity contribution in [3.8, 4) is 5.75 Å². The molecule has 16 heavy (non-hydrogen) atoms. The van der Waals surface area contributed by atoms with Crippen LogP contribution >= 0.6 is 11.8 Å². The second-order valence-corrected chi connectivity index (χ2v) is 4.95. The van der Waals surface area contributed by atoms with Gasteiger partial charge in [-0.2, -0.15) is 11.8 Å². The van der Waals surface area contributed by atoms with E-state index in [2.05, 4.69) is 25.4 Å². The first-order valence-corrected chi connectivity index (χ1v) is 7.11. The van der Waals surface area contributed by atoms with Crippen LogP contribution in [-0.2, 0) is 0 Å². The minimum Gasteiger partial charge on any atom is -0.508 e. The summed E-state index contributed by atoms with van der Waals surface area (Å²) < 4.78 is 0. The zero-order valence-electron chi connectivity index (χ0n) is 10.2. The molecule has 0 aromatic heterocycles. The van der Waals surface area contributed by atoms with Crippen LogP contribution in [0.2, 0.25) is 0 Å². The fourth-order valence-electron chi connectivity index (χ4n) is 1.85. The Bertz CT molecular complexity index is 317. The van der Waals surface area contributed by atoms with E-state index in [0.717, 1.165) is 17.7 Å². The van der Waals surface area contributed by atoms with Gasteiger partial charge < -0.3 is 10.4 Å². The molecule has 0 amide bonds. The van der Waals surface area contributed by atoms with Crippen molar-refractivity contribution >= 4 is 11.8 Å². The van der Waals surface area contributed by atoms with Gasteiger partial charge in [0.15, 0.2) is 0 Å². The van der Waals surface area contributed by atoms with Crippen molar-refractivity contribution in [2.45, 2.75) is 32.4 Å². The van der Waals surface area contributed by atoms with Crippen LogP contribution in [0.3, 0.4) is 0 Å². The standard InChI is InChI=1S/C13H21NOS/c1-4-12(14-10(2)9-16-3)11-7-5-6-8-13(11)15/h5-8,10,12,14-15H,4,9H2,1-3H3. The van der Waals surface area contributed by atoms with E-state index in [0.29, 0.717) is 11.8 Å². The van der Waals surface area contributed by atoms with Gasteiger partial charge in [0.1, 0.15) is 5.75 Å². The monoisotopic (exact) mass is 239 g/mol. The van der Waals surface area contributed by atoms with Crippen molar-refractivity contribution in [3.63, 3.8) is 0 Å². The molecule has 0 heterocycles. The van der Waals surface area contributed by atoms with Crippen LogP contribution in [-0.4, -0.2) is 23.2 Å². The Balaban J connectivity index is 2.71. The second kappa shape index (κ2) is 6.81. The first-order valence-electron chi connectivity index (χ1n) is 5.71. The summed E-state index contributed by atoms with van der Waals surface area (Å²) in [4.78, 5) is 0. The number of para-hydroxylation sites is 1. The van der Waals surface area contributed by atoms with Gasteiger partial charge in [0.25, 0.3) is 0 Å². The number of nitrogens with one attached hydrogen (secondary N) is 1. The highest BCUT2D eigenvalue weighted by molar-refractivity contribution is 7.98. The third-order valence-corrected chi connectivity index (χ3v) is 3.46. The summed E-state index contributed by atoms with van der Waals surface area (Å²) in [6.45, 7) is 4.31. The predicted molar refractivity (Wildman–Crippen MR) is 72.1 cm³/mol. The van der Waals surface area contributed by atoms with Crippen molar-refractivity contribution < 1.29 is 5.11 Å². The van der Waals surface area contributed by atoms with E-state index >= 15 is 0 Å². The molecule has 1 aromatic carbocycles. The SMILES string of the molecule is CCC(NC(C)CSC)c1ccccc1O. The smallest absolute Gasteiger partial charge is 0.120 e. The van der Waals surface area contributed by atoms with E-state index in [9.17, 15) is 5.11 Å². The molecule has 0 aliphatic heterocycles. The van der Waals surface area contributed by atoms with E-state index in [4.69, 9.17) is 0 Å². The molecule has 2 unspecified atom stereocenters. The molecule has 0 aliphatic rings. The van der Waals surface area contributed by atoms with Gasteiger partial charge in [0, 0.05) is 23.4 Å². The van der Waals surface area contributed by atoms with Crippen molar-refractivity contribution in [1.82, 2.24) is 5.32 Å². The van der Waals surface area contributed by atoms with Gasteiger partial charge in [0.2, 0.25) is 0 Å². The molecular weight excluding hydrogens is 218 g/mol. The normalized spacial score (nSPS) is 14.7. The molecule has 0 fully saturated rings. The lowest BCUT2D eigenvalue weighted by atomic mass is 10.0. The summed E-state index contributed by atoms with van der Waals surface area (Å²) in [6, 6.07) is 8.26. The summed E-state index contributed by atoms with van der Waals surface area (Å²) in [5.74, 6) is 1.47. The van der Waals surface area contributed by atoms with E-state index in [-0.39, 0.29) is 6.04 Å². The number of hydrogen-bond acceptors (Lipinski definition) is 3. The topological polar surface area (TPSA) is 32.3 Å². The van der Waals surface area contributed by atoms with Crippen molar-refractivity contribution in [1.29, 1.82) is 0 Å². The fraction of sp³-hybridized carbons (Fsp3) is 0.538. The molecule has 2 atom stereocenters. The zero-order valence-corrected chi connectivity index (χ0v) is 11.1. The Morgan fingerprint density at radius 3 is 2.62 bits per heavy atom. The number of hydrogen-bond donors (Lipinski definition) is 2. The molecule has 0 saturated carbocycles. The van der Waals surface area contributed by atoms with Crippen molar-refractivity contribution in [2.24, 2.45) is 0 Å². The highest BCUT2D eigenvalue weighted by Crippen LogP contribution is 2.26. The Morgan fingerprint density at radius 2 is 2.06 bits per heavy atom. The number of rotatable bonds is 6. The number of phenolic OH excluding ortho intramolecular Hbond substituents is 1. The number of thioether (sulfide) groups is 1. The Kier molecular flexibility index (Phi) is 5.71. The number of benzene rings is 1. The lowest BCUT2D eigenvalue weighted by Crippen LogP contribution is -2.32. The first-order chi connectivity index (χ1) is 7.69. The average molecular weight is 239 g/mol. The Morgan fingerprint density at radius 1 is 1.38 bits per heavy atom. The first kappa shape index (κ1) is 13.4. The van der Waals surface area contributed by atoms with Gasteiger partial charge in [-0.3, -0.25) is 0 Å². The third-order valence-electron chi connectivity index (χ3n) is 2.62. The minimum atomic E-state index is 0.239. The van der Waals surface area contributed by atoms with Gasteiger partial charge in [-0.15, -0.1) is 0 Å². The number of phenols is 1. The highest BCUT2D eigenvalue weighted by Gasteiger charge is 2.14. The maximum atomic E-state index is 9.81.